The van der Waals surface area contributed by atoms with Gasteiger partial charge in [0, 0.05) is 0 Å². The zero-order valence-corrected chi connectivity index (χ0v) is 23.8. The molecule has 0 bridgehead atoms. The van der Waals surface area contributed by atoms with Gasteiger partial charge in [-0.2, -0.15) is 8.42 Å². The van der Waals surface area contributed by atoms with Crippen LogP contribution >= 0.6 is 0 Å². The molecule has 0 unspecified atom stereocenters. The van der Waals surface area contributed by atoms with E-state index >= 15 is 0 Å². The fourth-order valence-electron chi connectivity index (χ4n) is 3.67. The van der Waals surface area contributed by atoms with Crippen LogP contribution in [0.4, 0.5) is 0 Å². The van der Waals surface area contributed by atoms with Gasteiger partial charge in [0.15, 0.2) is 0 Å². The van der Waals surface area contributed by atoms with Gasteiger partial charge in [-0.05, 0) is 18.7 Å². The average Bonchev–Trinajstić information content (AvgIpc) is 2.71. The maximum absolute atomic E-state index is 11.4. The molecule has 0 aliphatic heterocycles. The molecule has 0 saturated heterocycles. The SMILES string of the molecule is CCCCCCCCCCCCCCCCCCCC/C=C/C([O-])=NCCS(=O)(=O)O.[Na+]. The summed E-state index contributed by atoms with van der Waals surface area (Å²) in [5, 5.41) is 11.4. The summed E-state index contributed by atoms with van der Waals surface area (Å²) in [6.07, 6.45) is 28.4. The van der Waals surface area contributed by atoms with Crippen molar-refractivity contribution >= 4 is 16.0 Å². The standard InChI is InChI=1S/C25H49NO4S.Na/c1-2-3-4-5-6-7-8-9-10-11-12-13-14-15-16-17-18-19-20-21-22-25(27)26-23-24-31(28,29)30;/h21-22H,2-20,23-24H2,1H3,(H,26,27)(H,28,29,30);/q;+1/p-1/b22-21+;. The Morgan fingerprint density at radius 1 is 0.750 bits per heavy atom. The molecule has 0 saturated carbocycles. The minimum Gasteiger partial charge on any atom is -0.859 e. The van der Waals surface area contributed by atoms with Crippen molar-refractivity contribution in [2.45, 2.75) is 129 Å². The van der Waals surface area contributed by atoms with Crippen LogP contribution in [0.5, 0.6) is 0 Å². The van der Waals surface area contributed by atoms with Crippen LogP contribution in [-0.4, -0.2) is 31.2 Å². The van der Waals surface area contributed by atoms with Crippen molar-refractivity contribution in [1.82, 2.24) is 0 Å². The molecule has 0 rings (SSSR count). The van der Waals surface area contributed by atoms with Crippen molar-refractivity contribution in [3.05, 3.63) is 12.2 Å². The molecule has 0 aromatic carbocycles. The predicted molar refractivity (Wildman–Crippen MR) is 131 cm³/mol. The minimum absolute atomic E-state index is 0. The normalized spacial score (nSPS) is 12.4. The second-order valence-electron chi connectivity index (χ2n) is 8.71. The van der Waals surface area contributed by atoms with E-state index < -0.39 is 21.8 Å². The molecule has 0 radical (unpaired) electrons. The Bertz CT molecular complexity index is 550. The van der Waals surface area contributed by atoms with Crippen LogP contribution in [0, 0.1) is 0 Å². The van der Waals surface area contributed by atoms with Crippen molar-refractivity contribution in [1.29, 1.82) is 0 Å². The molecule has 0 amide bonds. The van der Waals surface area contributed by atoms with Crippen LogP contribution in [0.25, 0.3) is 0 Å². The number of aliphatic imine (C=N–C) groups is 1. The quantitative estimate of drug-likeness (QED) is 0.0793. The van der Waals surface area contributed by atoms with Crippen molar-refractivity contribution in [3.8, 4) is 0 Å². The number of hydrogen-bond acceptors (Lipinski definition) is 4. The first-order valence-electron chi connectivity index (χ1n) is 12.8. The zero-order valence-electron chi connectivity index (χ0n) is 21.0. The molecule has 0 heterocycles. The van der Waals surface area contributed by atoms with E-state index in [4.69, 9.17) is 4.55 Å². The Balaban J connectivity index is 0. The summed E-state index contributed by atoms with van der Waals surface area (Å²) < 4.78 is 29.6. The van der Waals surface area contributed by atoms with E-state index in [-0.39, 0.29) is 36.1 Å². The Labute approximate surface area is 221 Å². The summed E-state index contributed by atoms with van der Waals surface area (Å²) in [6.45, 7) is 2.08. The molecular formula is C25H48NNaO4S. The molecule has 32 heavy (non-hydrogen) atoms. The second kappa shape index (κ2) is 25.7. The van der Waals surface area contributed by atoms with Gasteiger partial charge < -0.3 is 5.11 Å². The fraction of sp³-hybridized carbons (Fsp3) is 0.880. The van der Waals surface area contributed by atoms with E-state index in [1.165, 1.54) is 115 Å². The average molecular weight is 482 g/mol. The Morgan fingerprint density at radius 3 is 1.50 bits per heavy atom. The third kappa shape index (κ3) is 30.1. The summed E-state index contributed by atoms with van der Waals surface area (Å²) in [7, 11) is -4.05. The van der Waals surface area contributed by atoms with Gasteiger partial charge in [-0.1, -0.05) is 128 Å². The Morgan fingerprint density at radius 2 is 1.12 bits per heavy atom. The van der Waals surface area contributed by atoms with Crippen LogP contribution in [0.15, 0.2) is 17.1 Å². The van der Waals surface area contributed by atoms with Crippen molar-refractivity contribution in [3.63, 3.8) is 0 Å². The van der Waals surface area contributed by atoms with Crippen molar-refractivity contribution in [2.75, 3.05) is 12.3 Å². The van der Waals surface area contributed by atoms with Crippen molar-refractivity contribution in [2.24, 2.45) is 4.99 Å². The molecule has 0 aromatic rings. The van der Waals surface area contributed by atoms with E-state index in [0.717, 1.165) is 12.8 Å². The van der Waals surface area contributed by atoms with Gasteiger partial charge in [-0.25, -0.2) is 0 Å². The summed E-state index contributed by atoms with van der Waals surface area (Å²) in [5.74, 6) is -0.947. The maximum atomic E-state index is 11.4. The molecule has 1 N–H and O–H groups in total. The maximum Gasteiger partial charge on any atom is 1.00 e. The monoisotopic (exact) mass is 481 g/mol. The topological polar surface area (TPSA) is 89.8 Å². The van der Waals surface area contributed by atoms with Gasteiger partial charge in [0.25, 0.3) is 10.1 Å². The van der Waals surface area contributed by atoms with Gasteiger partial charge in [-0.15, -0.1) is 0 Å². The molecule has 0 atom stereocenters. The smallest absolute Gasteiger partial charge is 0.859 e. The van der Waals surface area contributed by atoms with Gasteiger partial charge in [0.2, 0.25) is 0 Å². The van der Waals surface area contributed by atoms with Gasteiger partial charge in [0.05, 0.1) is 12.3 Å². The molecular weight excluding hydrogens is 433 g/mol. The number of rotatable bonds is 23. The molecule has 0 aromatic heterocycles. The summed E-state index contributed by atoms with van der Waals surface area (Å²) in [5.41, 5.74) is 0. The minimum atomic E-state index is -4.05. The molecule has 184 valence electrons. The predicted octanol–water partition coefficient (Wildman–Crippen LogP) is 3.63. The molecule has 0 fully saturated rings. The van der Waals surface area contributed by atoms with Gasteiger partial charge in [0.1, 0.15) is 0 Å². The number of hydrogen-bond donors (Lipinski definition) is 1. The molecule has 5 nitrogen and oxygen atoms in total. The molecule has 0 spiro atoms. The third-order valence-corrected chi connectivity index (χ3v) is 6.30. The Kier molecular flexibility index (Phi) is 27.6. The largest absolute Gasteiger partial charge is 1.00 e. The summed E-state index contributed by atoms with van der Waals surface area (Å²) >= 11 is 0. The Hall–Kier alpha value is 0.120. The first kappa shape index (κ1) is 34.3. The van der Waals surface area contributed by atoms with Gasteiger partial charge >= 0.3 is 29.6 Å². The third-order valence-electron chi connectivity index (χ3n) is 5.60. The van der Waals surface area contributed by atoms with E-state index in [2.05, 4.69) is 11.9 Å². The summed E-state index contributed by atoms with van der Waals surface area (Å²) in [6, 6.07) is 0. The van der Waals surface area contributed by atoms with Crippen LogP contribution in [-0.2, 0) is 10.1 Å². The van der Waals surface area contributed by atoms with E-state index in [1.54, 1.807) is 6.08 Å². The van der Waals surface area contributed by atoms with Crippen LogP contribution < -0.4 is 34.7 Å². The van der Waals surface area contributed by atoms with E-state index in [0.29, 0.717) is 0 Å². The number of nitrogens with zero attached hydrogens (tertiary/aromatic N) is 1. The van der Waals surface area contributed by atoms with E-state index in [9.17, 15) is 13.5 Å². The molecule has 0 aliphatic rings. The van der Waals surface area contributed by atoms with E-state index in [1.807, 2.05) is 0 Å². The zero-order chi connectivity index (χ0) is 23.0. The number of allylic oxidation sites excluding steroid dienone is 1. The van der Waals surface area contributed by atoms with Gasteiger partial charge in [-0.3, -0.25) is 9.55 Å². The van der Waals surface area contributed by atoms with Crippen LogP contribution in [0.1, 0.15) is 129 Å². The number of unbranched alkanes of at least 4 members (excludes halogenated alkanes) is 18. The van der Waals surface area contributed by atoms with Crippen LogP contribution in [0.3, 0.4) is 0 Å². The molecule has 0 aliphatic carbocycles. The van der Waals surface area contributed by atoms with Crippen molar-refractivity contribution < 1.29 is 47.6 Å². The fourth-order valence-corrected chi connectivity index (χ4v) is 3.99. The first-order chi connectivity index (χ1) is 15.0. The summed E-state index contributed by atoms with van der Waals surface area (Å²) in [4.78, 5) is 3.56. The first-order valence-corrected chi connectivity index (χ1v) is 14.4. The second-order valence-corrected chi connectivity index (χ2v) is 10.3. The van der Waals surface area contributed by atoms with Crippen LogP contribution in [0.2, 0.25) is 0 Å². The molecule has 7 heteroatoms.